The molecule has 148 valence electrons. The van der Waals surface area contributed by atoms with Crippen LogP contribution in [-0.4, -0.2) is 51.7 Å². The van der Waals surface area contributed by atoms with Crippen LogP contribution in [0.3, 0.4) is 0 Å². The van der Waals surface area contributed by atoms with E-state index < -0.39 is 10.7 Å². The van der Waals surface area contributed by atoms with Gasteiger partial charge in [0, 0.05) is 18.2 Å². The minimum absolute atomic E-state index is 0.128. The smallest absolute Gasteiger partial charge is 0.272 e. The maximum absolute atomic E-state index is 14.2. The SMILES string of the molecule is Cc1c(OCCCN(C)C)cn2ncnc(Oc3ccc([N+](=O)[O-])cc3F)c12. The molecular weight excluding hydrogens is 369 g/mol. The molecule has 0 bridgehead atoms. The molecule has 0 N–H and O–H groups in total. The molecule has 0 atom stereocenters. The van der Waals surface area contributed by atoms with Crippen LogP contribution in [0.25, 0.3) is 5.52 Å². The molecule has 28 heavy (non-hydrogen) atoms. The van der Waals surface area contributed by atoms with Gasteiger partial charge in [-0.3, -0.25) is 10.1 Å². The lowest BCUT2D eigenvalue weighted by molar-refractivity contribution is -0.385. The maximum Gasteiger partial charge on any atom is 0.272 e. The first-order valence-corrected chi connectivity index (χ1v) is 8.59. The number of halogens is 1. The van der Waals surface area contributed by atoms with Crippen molar-refractivity contribution in [2.75, 3.05) is 27.2 Å². The van der Waals surface area contributed by atoms with Crippen molar-refractivity contribution in [1.82, 2.24) is 19.5 Å². The topological polar surface area (TPSA) is 95.0 Å². The lowest BCUT2D eigenvalue weighted by atomic mass is 10.3. The van der Waals surface area contributed by atoms with Crippen molar-refractivity contribution in [2.24, 2.45) is 0 Å². The van der Waals surface area contributed by atoms with Crippen molar-refractivity contribution in [3.63, 3.8) is 0 Å². The number of fused-ring (bicyclic) bond motifs is 1. The molecule has 0 saturated carbocycles. The van der Waals surface area contributed by atoms with Crippen LogP contribution < -0.4 is 9.47 Å². The van der Waals surface area contributed by atoms with Crippen LogP contribution in [0, 0.1) is 22.9 Å². The van der Waals surface area contributed by atoms with Gasteiger partial charge in [0.1, 0.15) is 17.6 Å². The quantitative estimate of drug-likeness (QED) is 0.332. The molecule has 3 rings (SSSR count). The van der Waals surface area contributed by atoms with E-state index in [4.69, 9.17) is 9.47 Å². The Morgan fingerprint density at radius 1 is 1.32 bits per heavy atom. The van der Waals surface area contributed by atoms with E-state index in [2.05, 4.69) is 15.0 Å². The molecule has 0 aliphatic rings. The summed E-state index contributed by atoms with van der Waals surface area (Å²) in [4.78, 5) is 16.2. The molecule has 0 radical (unpaired) electrons. The first-order chi connectivity index (χ1) is 13.4. The third kappa shape index (κ3) is 4.17. The largest absolute Gasteiger partial charge is 0.492 e. The van der Waals surface area contributed by atoms with Crippen molar-refractivity contribution < 1.29 is 18.8 Å². The Morgan fingerprint density at radius 2 is 2.11 bits per heavy atom. The Hall–Kier alpha value is -3.27. The third-order valence-electron chi connectivity index (χ3n) is 4.09. The molecule has 0 amide bonds. The number of nitro groups is 1. The van der Waals surface area contributed by atoms with Gasteiger partial charge < -0.3 is 14.4 Å². The van der Waals surface area contributed by atoms with Crippen molar-refractivity contribution in [1.29, 1.82) is 0 Å². The molecule has 0 spiro atoms. The summed E-state index contributed by atoms with van der Waals surface area (Å²) in [5.74, 6) is -0.257. The number of hydrogen-bond donors (Lipinski definition) is 0. The van der Waals surface area contributed by atoms with Crippen LogP contribution in [0.1, 0.15) is 12.0 Å². The predicted molar refractivity (Wildman–Crippen MR) is 99.5 cm³/mol. The Kier molecular flexibility index (Phi) is 5.69. The normalized spacial score (nSPS) is 11.2. The maximum atomic E-state index is 14.2. The standard InChI is InChI=1S/C18H20FN5O4/c1-12-16(27-8-4-7-22(2)3)10-23-17(12)18(20-11-21-23)28-15-6-5-13(24(25)26)9-14(15)19/h5-6,9-11H,4,7-8H2,1-3H3. The van der Waals surface area contributed by atoms with Crippen LogP contribution in [0.2, 0.25) is 0 Å². The summed E-state index contributed by atoms with van der Waals surface area (Å²) in [6.45, 7) is 3.27. The number of nitro benzene ring substituents is 1. The van der Waals surface area contributed by atoms with Crippen molar-refractivity contribution >= 4 is 11.2 Å². The van der Waals surface area contributed by atoms with E-state index in [0.29, 0.717) is 17.9 Å². The van der Waals surface area contributed by atoms with Gasteiger partial charge in [0.2, 0.25) is 5.88 Å². The first-order valence-electron chi connectivity index (χ1n) is 8.59. The Bertz CT molecular complexity index is 1010. The zero-order valence-electron chi connectivity index (χ0n) is 15.8. The highest BCUT2D eigenvalue weighted by Gasteiger charge is 2.18. The summed E-state index contributed by atoms with van der Waals surface area (Å²) in [6.07, 6.45) is 3.85. The second-order valence-electron chi connectivity index (χ2n) is 6.46. The highest BCUT2D eigenvalue weighted by atomic mass is 19.1. The van der Waals surface area contributed by atoms with E-state index in [0.717, 1.165) is 24.6 Å². The minimum Gasteiger partial charge on any atom is -0.492 e. The van der Waals surface area contributed by atoms with Crippen LogP contribution in [0.4, 0.5) is 10.1 Å². The van der Waals surface area contributed by atoms with Gasteiger partial charge in [0.05, 0.1) is 23.8 Å². The zero-order chi connectivity index (χ0) is 20.3. The Labute approximate surface area is 160 Å². The summed E-state index contributed by atoms with van der Waals surface area (Å²) in [7, 11) is 3.99. The van der Waals surface area contributed by atoms with E-state index in [-0.39, 0.29) is 17.3 Å². The first kappa shape index (κ1) is 19.5. The lowest BCUT2D eigenvalue weighted by Gasteiger charge is -2.10. The van der Waals surface area contributed by atoms with Crippen LogP contribution in [-0.2, 0) is 0 Å². The highest BCUT2D eigenvalue weighted by molar-refractivity contribution is 5.67. The molecule has 0 fully saturated rings. The predicted octanol–water partition coefficient (Wildman–Crippen LogP) is 3.21. The molecule has 9 nitrogen and oxygen atoms in total. The van der Waals surface area contributed by atoms with Gasteiger partial charge in [-0.1, -0.05) is 0 Å². The summed E-state index contributed by atoms with van der Waals surface area (Å²) in [5, 5.41) is 14.9. The Morgan fingerprint density at radius 3 is 2.79 bits per heavy atom. The van der Waals surface area contributed by atoms with E-state index in [1.54, 1.807) is 10.7 Å². The van der Waals surface area contributed by atoms with Crippen molar-refractivity contribution in [3.05, 3.63) is 52.2 Å². The number of ether oxygens (including phenoxy) is 2. The molecular formula is C18H20FN5O4. The summed E-state index contributed by atoms with van der Waals surface area (Å²) in [5.41, 5.74) is 0.926. The van der Waals surface area contributed by atoms with Gasteiger partial charge in [-0.2, -0.15) is 10.1 Å². The van der Waals surface area contributed by atoms with Crippen molar-refractivity contribution in [3.8, 4) is 17.4 Å². The van der Waals surface area contributed by atoms with E-state index in [1.807, 2.05) is 21.0 Å². The molecule has 0 saturated heterocycles. The fraction of sp³-hybridized carbons (Fsp3) is 0.333. The monoisotopic (exact) mass is 389 g/mol. The van der Waals surface area contributed by atoms with E-state index in [9.17, 15) is 14.5 Å². The van der Waals surface area contributed by atoms with Gasteiger partial charge in [-0.25, -0.2) is 8.91 Å². The minimum atomic E-state index is -0.852. The van der Waals surface area contributed by atoms with Crippen LogP contribution in [0.5, 0.6) is 17.4 Å². The number of nitrogens with zero attached hydrogens (tertiary/aromatic N) is 5. The number of aromatic nitrogens is 3. The second kappa shape index (κ2) is 8.17. The summed E-state index contributed by atoms with van der Waals surface area (Å²) < 4.78 is 27.1. The number of aryl methyl sites for hydroxylation is 1. The highest BCUT2D eigenvalue weighted by Crippen LogP contribution is 2.33. The molecule has 0 aliphatic carbocycles. The third-order valence-corrected chi connectivity index (χ3v) is 4.09. The van der Waals surface area contributed by atoms with Gasteiger partial charge in [-0.15, -0.1) is 0 Å². The lowest BCUT2D eigenvalue weighted by Crippen LogP contribution is -2.15. The zero-order valence-corrected chi connectivity index (χ0v) is 15.8. The molecule has 0 unspecified atom stereocenters. The van der Waals surface area contributed by atoms with Crippen LogP contribution >= 0.6 is 0 Å². The van der Waals surface area contributed by atoms with Gasteiger partial charge in [0.25, 0.3) is 5.69 Å². The molecule has 2 aromatic heterocycles. The van der Waals surface area contributed by atoms with E-state index in [1.165, 1.54) is 18.5 Å². The molecule has 10 heteroatoms. The average molecular weight is 389 g/mol. The number of non-ortho nitro benzene ring substituents is 1. The fourth-order valence-corrected chi connectivity index (χ4v) is 2.68. The van der Waals surface area contributed by atoms with Gasteiger partial charge >= 0.3 is 0 Å². The second-order valence-corrected chi connectivity index (χ2v) is 6.46. The molecule has 1 aromatic carbocycles. The fourth-order valence-electron chi connectivity index (χ4n) is 2.68. The molecule has 2 heterocycles. The summed E-state index contributed by atoms with van der Waals surface area (Å²) in [6, 6.07) is 3.17. The number of hydrogen-bond acceptors (Lipinski definition) is 7. The summed E-state index contributed by atoms with van der Waals surface area (Å²) >= 11 is 0. The van der Waals surface area contributed by atoms with Gasteiger partial charge in [0.15, 0.2) is 11.6 Å². The molecule has 0 aliphatic heterocycles. The van der Waals surface area contributed by atoms with Crippen LogP contribution in [0.15, 0.2) is 30.7 Å². The molecule has 3 aromatic rings. The van der Waals surface area contributed by atoms with E-state index >= 15 is 0 Å². The number of rotatable bonds is 8. The number of benzene rings is 1. The average Bonchev–Trinajstić information content (AvgIpc) is 2.97. The van der Waals surface area contributed by atoms with Crippen molar-refractivity contribution in [2.45, 2.75) is 13.3 Å². The Balaban J connectivity index is 1.85. The van der Waals surface area contributed by atoms with Gasteiger partial charge in [-0.05, 0) is 33.5 Å².